The normalized spacial score (nSPS) is 27.0. The first-order chi connectivity index (χ1) is 6.88. The number of nitrogens with zero attached hydrogens (tertiary/aromatic N) is 2. The smallest absolute Gasteiger partial charge is 0.226 e. The molecule has 0 aliphatic carbocycles. The van der Waals surface area contributed by atoms with Crippen molar-refractivity contribution in [3.05, 3.63) is 0 Å². The highest BCUT2D eigenvalue weighted by Gasteiger charge is 2.26. The van der Waals surface area contributed by atoms with Crippen LogP contribution in [-0.2, 0) is 9.47 Å². The second-order valence-electron chi connectivity index (χ2n) is 3.75. The lowest BCUT2D eigenvalue weighted by Crippen LogP contribution is -2.57. The number of hydrogen-bond donors (Lipinski definition) is 0. The molecule has 0 bridgehead atoms. The largest absolute Gasteiger partial charge is 0.379 e. The minimum Gasteiger partial charge on any atom is -0.379 e. The first kappa shape index (κ1) is 10.6. The molecule has 1 radical (unpaired) electrons. The monoisotopic (exact) mass is 215 g/mol. The Morgan fingerprint density at radius 1 is 0.786 bits per heavy atom. The van der Waals surface area contributed by atoms with Gasteiger partial charge in [-0.2, -0.15) is 0 Å². The number of morpholine rings is 2. The molecule has 0 amide bonds. The van der Waals surface area contributed by atoms with Gasteiger partial charge in [0.25, 0.3) is 0 Å². The molecule has 2 rings (SSSR count). The van der Waals surface area contributed by atoms with E-state index in [4.69, 9.17) is 9.47 Å². The van der Waals surface area contributed by atoms with E-state index in [1.54, 1.807) is 0 Å². The fraction of sp³-hybridized carbons (Fsp3) is 1.00. The van der Waals surface area contributed by atoms with E-state index in [0.717, 1.165) is 52.6 Å². The van der Waals surface area contributed by atoms with Gasteiger partial charge >= 0.3 is 0 Å². The Labute approximate surface area is 87.5 Å². The third-order valence-corrected chi connectivity index (χ3v) is 5.66. The fourth-order valence-electron chi connectivity index (χ4n) is 1.97. The second kappa shape index (κ2) is 5.23. The van der Waals surface area contributed by atoms with Gasteiger partial charge < -0.3 is 18.6 Å². The first-order valence-electron chi connectivity index (χ1n) is 5.37. The van der Waals surface area contributed by atoms with Crippen molar-refractivity contribution >= 4 is 9.12 Å². The highest BCUT2D eigenvalue weighted by molar-refractivity contribution is 6.51. The fourth-order valence-corrected chi connectivity index (χ4v) is 4.03. The Morgan fingerprint density at radius 3 is 1.50 bits per heavy atom. The van der Waals surface area contributed by atoms with Crippen LogP contribution < -0.4 is 0 Å². The van der Waals surface area contributed by atoms with Gasteiger partial charge in [-0.25, -0.2) is 0 Å². The summed E-state index contributed by atoms with van der Waals surface area (Å²) in [4.78, 5) is 0. The van der Waals surface area contributed by atoms with E-state index in [1.807, 2.05) is 0 Å². The maximum absolute atomic E-state index is 5.37. The van der Waals surface area contributed by atoms with E-state index in [9.17, 15) is 0 Å². The van der Waals surface area contributed by atoms with Crippen LogP contribution in [-0.4, -0.2) is 70.9 Å². The summed E-state index contributed by atoms with van der Waals surface area (Å²) < 4.78 is 15.9. The summed E-state index contributed by atoms with van der Waals surface area (Å²) in [5.41, 5.74) is 0. The highest BCUT2D eigenvalue weighted by Crippen LogP contribution is 2.07. The molecule has 2 heterocycles. The Hall–Kier alpha value is 0.0569. The zero-order valence-corrected chi connectivity index (χ0v) is 9.87. The van der Waals surface area contributed by atoms with Gasteiger partial charge in [0.1, 0.15) is 0 Å². The summed E-state index contributed by atoms with van der Waals surface area (Å²) in [6.07, 6.45) is 0. The molecule has 0 spiro atoms. The van der Waals surface area contributed by atoms with Gasteiger partial charge in [0.2, 0.25) is 9.12 Å². The molecule has 0 aromatic heterocycles. The molecule has 4 nitrogen and oxygen atoms in total. The van der Waals surface area contributed by atoms with Gasteiger partial charge in [-0.1, -0.05) is 0 Å². The highest BCUT2D eigenvalue weighted by atomic mass is 28.3. The molecule has 14 heavy (non-hydrogen) atoms. The van der Waals surface area contributed by atoms with E-state index in [2.05, 4.69) is 15.7 Å². The molecule has 5 heteroatoms. The van der Waals surface area contributed by atoms with Gasteiger partial charge in [0.05, 0.1) is 26.4 Å². The van der Waals surface area contributed by atoms with E-state index < -0.39 is 9.12 Å². The molecule has 2 aliphatic heterocycles. The average Bonchev–Trinajstić information content (AvgIpc) is 2.30. The van der Waals surface area contributed by atoms with Crippen molar-refractivity contribution in [2.75, 3.05) is 52.6 Å². The van der Waals surface area contributed by atoms with Crippen LogP contribution in [0.1, 0.15) is 0 Å². The first-order valence-corrected chi connectivity index (χ1v) is 7.26. The lowest BCUT2D eigenvalue weighted by Gasteiger charge is -2.39. The lowest BCUT2D eigenvalue weighted by atomic mass is 10.5. The molecule has 0 atom stereocenters. The topological polar surface area (TPSA) is 24.9 Å². The number of hydrogen-bond acceptors (Lipinski definition) is 4. The van der Waals surface area contributed by atoms with Crippen molar-refractivity contribution in [2.24, 2.45) is 0 Å². The maximum atomic E-state index is 5.37. The van der Waals surface area contributed by atoms with Crippen LogP contribution in [0.2, 0.25) is 6.55 Å². The predicted octanol–water partition coefficient (Wildman–Crippen LogP) is -0.231. The average molecular weight is 215 g/mol. The van der Waals surface area contributed by atoms with Crippen molar-refractivity contribution in [2.45, 2.75) is 6.55 Å². The molecule has 0 saturated carbocycles. The van der Waals surface area contributed by atoms with E-state index >= 15 is 0 Å². The van der Waals surface area contributed by atoms with Gasteiger partial charge in [-0.05, 0) is 6.55 Å². The van der Waals surface area contributed by atoms with E-state index in [-0.39, 0.29) is 0 Å². The summed E-state index contributed by atoms with van der Waals surface area (Å²) in [5.74, 6) is 0. The third kappa shape index (κ3) is 2.55. The molecular formula is C9H19N2O2Si. The van der Waals surface area contributed by atoms with Crippen LogP contribution in [0.25, 0.3) is 0 Å². The Morgan fingerprint density at radius 2 is 1.14 bits per heavy atom. The van der Waals surface area contributed by atoms with E-state index in [0.29, 0.717) is 0 Å². The van der Waals surface area contributed by atoms with Crippen LogP contribution >= 0.6 is 0 Å². The number of rotatable bonds is 2. The summed E-state index contributed by atoms with van der Waals surface area (Å²) in [6, 6.07) is 0. The van der Waals surface area contributed by atoms with Gasteiger partial charge in [0.15, 0.2) is 0 Å². The van der Waals surface area contributed by atoms with Crippen LogP contribution in [0.3, 0.4) is 0 Å². The summed E-state index contributed by atoms with van der Waals surface area (Å²) >= 11 is 0. The van der Waals surface area contributed by atoms with Gasteiger partial charge in [-0.3, -0.25) is 0 Å². The molecular weight excluding hydrogens is 196 g/mol. The molecule has 0 aromatic rings. The van der Waals surface area contributed by atoms with Crippen molar-refractivity contribution in [1.29, 1.82) is 0 Å². The third-order valence-electron chi connectivity index (χ3n) is 2.94. The van der Waals surface area contributed by atoms with E-state index in [1.165, 1.54) is 0 Å². The van der Waals surface area contributed by atoms with Gasteiger partial charge in [0, 0.05) is 26.2 Å². The van der Waals surface area contributed by atoms with Gasteiger partial charge in [-0.15, -0.1) is 0 Å². The summed E-state index contributed by atoms with van der Waals surface area (Å²) in [6.45, 7) is 10.5. The predicted molar refractivity (Wildman–Crippen MR) is 56.4 cm³/mol. The Bertz CT molecular complexity index is 152. The lowest BCUT2D eigenvalue weighted by molar-refractivity contribution is 0.0495. The van der Waals surface area contributed by atoms with Crippen LogP contribution in [0.5, 0.6) is 0 Å². The molecule has 0 N–H and O–H groups in total. The molecule has 81 valence electrons. The van der Waals surface area contributed by atoms with Crippen molar-refractivity contribution in [1.82, 2.24) is 9.13 Å². The van der Waals surface area contributed by atoms with Crippen molar-refractivity contribution < 1.29 is 9.47 Å². The SMILES string of the molecule is C[Si](N1CCOCC1)N1CCOCC1. The zero-order valence-electron chi connectivity index (χ0n) is 8.87. The standard InChI is InChI=1S/C9H19N2O2Si/c1-14(10-2-6-12-7-3-10)11-4-8-13-9-5-11/h2-9H2,1H3. The molecule has 2 saturated heterocycles. The molecule has 0 aromatic carbocycles. The quantitative estimate of drug-likeness (QED) is 0.594. The van der Waals surface area contributed by atoms with Crippen molar-refractivity contribution in [3.63, 3.8) is 0 Å². The van der Waals surface area contributed by atoms with Crippen LogP contribution in [0, 0.1) is 0 Å². The molecule has 2 aliphatic rings. The maximum Gasteiger partial charge on any atom is 0.226 e. The summed E-state index contributed by atoms with van der Waals surface area (Å²) in [7, 11) is -0.484. The minimum atomic E-state index is -0.484. The Balaban J connectivity index is 1.82. The summed E-state index contributed by atoms with van der Waals surface area (Å²) in [5, 5.41) is 0. The Kier molecular flexibility index (Phi) is 3.95. The second-order valence-corrected chi connectivity index (χ2v) is 6.11. The zero-order chi connectivity index (χ0) is 9.80. The molecule has 0 unspecified atom stereocenters. The number of ether oxygens (including phenoxy) is 2. The van der Waals surface area contributed by atoms with Crippen molar-refractivity contribution in [3.8, 4) is 0 Å². The van der Waals surface area contributed by atoms with Crippen LogP contribution in [0.15, 0.2) is 0 Å². The minimum absolute atomic E-state index is 0.484. The van der Waals surface area contributed by atoms with Crippen LogP contribution in [0.4, 0.5) is 0 Å². The molecule has 2 fully saturated rings.